The van der Waals surface area contributed by atoms with Gasteiger partial charge in [0.2, 0.25) is 5.95 Å². The van der Waals surface area contributed by atoms with Crippen molar-refractivity contribution in [3.8, 4) is 39.9 Å². The van der Waals surface area contributed by atoms with E-state index >= 15 is 0 Å². The molecule has 2 aromatic heterocycles. The van der Waals surface area contributed by atoms with Crippen molar-refractivity contribution >= 4 is 43.4 Å². The monoisotopic (exact) mass is 654 g/mol. The van der Waals surface area contributed by atoms with Crippen molar-refractivity contribution in [2.75, 3.05) is 0 Å². The van der Waals surface area contributed by atoms with Crippen molar-refractivity contribution in [3.05, 3.63) is 157 Å². The standard InChI is InChI=1S/C47H34N4/c1-4-17-31(18-5-1)44-48-45(32-19-6-2-7-20-32)50-46(49-44)51-42-33-21-9-8-16-30(33)26-27-37(42)40-35-23-11-10-22-34(35)39-36-24-12-13-25-38(36)47(41(39)43(40)51)28-14-3-15-29-47/h1-2,4-13,16-27H,3,14-15,28-29H2. The summed E-state index contributed by atoms with van der Waals surface area (Å²) < 4.78 is 2.43. The van der Waals surface area contributed by atoms with Crippen LogP contribution in [0.3, 0.4) is 0 Å². The number of hydrogen-bond acceptors (Lipinski definition) is 3. The van der Waals surface area contributed by atoms with E-state index in [4.69, 9.17) is 15.0 Å². The van der Waals surface area contributed by atoms with Crippen LogP contribution in [0.4, 0.5) is 0 Å². The maximum absolute atomic E-state index is 5.41. The molecule has 11 rings (SSSR count). The van der Waals surface area contributed by atoms with Gasteiger partial charge in [-0.2, -0.15) is 9.97 Å². The summed E-state index contributed by atoms with van der Waals surface area (Å²) in [6.07, 6.45) is 5.97. The lowest BCUT2D eigenvalue weighted by molar-refractivity contribution is 0.354. The highest BCUT2D eigenvalue weighted by atomic mass is 15.2. The van der Waals surface area contributed by atoms with E-state index in [1.807, 2.05) is 12.1 Å². The molecule has 4 heteroatoms. The zero-order valence-corrected chi connectivity index (χ0v) is 28.2. The Bertz CT molecular complexity index is 2770. The number of aromatic nitrogens is 4. The van der Waals surface area contributed by atoms with Gasteiger partial charge in [-0.05, 0) is 51.3 Å². The Morgan fingerprint density at radius 1 is 0.471 bits per heavy atom. The lowest BCUT2D eigenvalue weighted by Crippen LogP contribution is -2.28. The minimum Gasteiger partial charge on any atom is -0.277 e. The molecule has 0 bridgehead atoms. The summed E-state index contributed by atoms with van der Waals surface area (Å²) in [5, 5.41) is 7.51. The van der Waals surface area contributed by atoms with Crippen LogP contribution in [0.2, 0.25) is 0 Å². The molecule has 4 nitrogen and oxygen atoms in total. The topological polar surface area (TPSA) is 43.6 Å². The van der Waals surface area contributed by atoms with Crippen molar-refractivity contribution < 1.29 is 0 Å². The smallest absolute Gasteiger partial charge is 0.238 e. The second-order valence-electron chi connectivity index (χ2n) is 14.2. The Morgan fingerprint density at radius 2 is 1.08 bits per heavy atom. The van der Waals surface area contributed by atoms with Crippen LogP contribution in [0.1, 0.15) is 43.2 Å². The number of fused-ring (bicyclic) bond motifs is 14. The van der Waals surface area contributed by atoms with Crippen molar-refractivity contribution in [2.24, 2.45) is 0 Å². The highest BCUT2D eigenvalue weighted by Crippen LogP contribution is 2.61. The third-order valence-electron chi connectivity index (χ3n) is 11.6. The van der Waals surface area contributed by atoms with E-state index in [-0.39, 0.29) is 5.41 Å². The first-order valence-corrected chi connectivity index (χ1v) is 18.2. The Morgan fingerprint density at radius 3 is 1.80 bits per heavy atom. The summed E-state index contributed by atoms with van der Waals surface area (Å²) in [5.74, 6) is 1.99. The first-order chi connectivity index (χ1) is 25.3. The third-order valence-corrected chi connectivity index (χ3v) is 11.6. The third kappa shape index (κ3) is 4.05. The van der Waals surface area contributed by atoms with Gasteiger partial charge in [-0.1, -0.05) is 165 Å². The molecule has 0 amide bonds. The molecule has 7 aromatic carbocycles. The van der Waals surface area contributed by atoms with E-state index in [0.29, 0.717) is 17.6 Å². The van der Waals surface area contributed by atoms with Crippen LogP contribution in [-0.4, -0.2) is 19.5 Å². The minimum atomic E-state index is -0.0913. The van der Waals surface area contributed by atoms with Gasteiger partial charge < -0.3 is 0 Å². The van der Waals surface area contributed by atoms with Gasteiger partial charge in [-0.3, -0.25) is 4.57 Å². The molecule has 1 spiro atoms. The van der Waals surface area contributed by atoms with E-state index in [1.54, 1.807) is 0 Å². The van der Waals surface area contributed by atoms with Gasteiger partial charge >= 0.3 is 0 Å². The van der Waals surface area contributed by atoms with Gasteiger partial charge in [0.05, 0.1) is 11.0 Å². The average molecular weight is 655 g/mol. The molecule has 0 unspecified atom stereocenters. The molecule has 0 radical (unpaired) electrons. The second kappa shape index (κ2) is 10.9. The van der Waals surface area contributed by atoms with E-state index in [1.165, 1.54) is 79.4 Å². The fourth-order valence-corrected chi connectivity index (χ4v) is 9.50. The molecule has 0 N–H and O–H groups in total. The molecule has 1 fully saturated rings. The average Bonchev–Trinajstić information content (AvgIpc) is 3.70. The molecule has 2 heterocycles. The van der Waals surface area contributed by atoms with Gasteiger partial charge in [-0.25, -0.2) is 4.98 Å². The predicted molar refractivity (Wildman–Crippen MR) is 209 cm³/mol. The zero-order valence-electron chi connectivity index (χ0n) is 28.2. The molecule has 2 aliphatic carbocycles. The SMILES string of the molecule is c1ccc(-c2nc(-c3ccccc3)nc(-n3c4c5c(c6ccccc6c4c4ccc6ccccc6c43)-c3ccccc3C53CCCCC3)n2)cc1. The Kier molecular flexibility index (Phi) is 6.15. The summed E-state index contributed by atoms with van der Waals surface area (Å²) in [4.78, 5) is 15.9. The molecule has 0 aliphatic heterocycles. The molecular weight excluding hydrogens is 621 g/mol. The maximum atomic E-state index is 5.41. The van der Waals surface area contributed by atoms with Crippen molar-refractivity contribution in [3.63, 3.8) is 0 Å². The molecule has 2 aliphatic rings. The summed E-state index contributed by atoms with van der Waals surface area (Å²) in [6.45, 7) is 0. The van der Waals surface area contributed by atoms with Gasteiger partial charge in [0.25, 0.3) is 0 Å². The highest BCUT2D eigenvalue weighted by molar-refractivity contribution is 6.29. The largest absolute Gasteiger partial charge is 0.277 e. The molecule has 0 atom stereocenters. The molecular formula is C47H34N4. The fraction of sp³-hybridized carbons (Fsp3) is 0.128. The second-order valence-corrected chi connectivity index (χ2v) is 14.2. The van der Waals surface area contributed by atoms with Crippen LogP contribution >= 0.6 is 0 Å². The van der Waals surface area contributed by atoms with Crippen LogP contribution < -0.4 is 0 Å². The van der Waals surface area contributed by atoms with Gasteiger partial charge in [0.15, 0.2) is 11.6 Å². The van der Waals surface area contributed by atoms with Crippen molar-refractivity contribution in [1.82, 2.24) is 19.5 Å². The first kappa shape index (κ1) is 28.7. The van der Waals surface area contributed by atoms with Crippen LogP contribution in [0.25, 0.3) is 83.2 Å². The number of benzene rings is 7. The fourth-order valence-electron chi connectivity index (χ4n) is 9.50. The number of hydrogen-bond donors (Lipinski definition) is 0. The van der Waals surface area contributed by atoms with Crippen molar-refractivity contribution in [1.29, 1.82) is 0 Å². The van der Waals surface area contributed by atoms with Crippen molar-refractivity contribution in [2.45, 2.75) is 37.5 Å². The Labute approximate surface area is 296 Å². The number of rotatable bonds is 3. The van der Waals surface area contributed by atoms with E-state index in [2.05, 4.69) is 138 Å². The van der Waals surface area contributed by atoms with E-state index in [9.17, 15) is 0 Å². The lowest BCUT2D eigenvalue weighted by Gasteiger charge is -2.36. The Balaban J connectivity index is 1.39. The lowest BCUT2D eigenvalue weighted by atomic mass is 9.67. The molecule has 242 valence electrons. The van der Waals surface area contributed by atoms with Crippen LogP contribution in [0.15, 0.2) is 146 Å². The van der Waals surface area contributed by atoms with E-state index < -0.39 is 0 Å². The minimum absolute atomic E-state index is 0.0913. The quantitative estimate of drug-likeness (QED) is 0.190. The molecule has 0 saturated heterocycles. The maximum Gasteiger partial charge on any atom is 0.238 e. The molecule has 1 saturated carbocycles. The van der Waals surface area contributed by atoms with Crippen LogP contribution in [0, 0.1) is 0 Å². The molecule has 51 heavy (non-hydrogen) atoms. The predicted octanol–water partition coefficient (Wildman–Crippen LogP) is 11.8. The van der Waals surface area contributed by atoms with Crippen LogP contribution in [-0.2, 0) is 5.41 Å². The summed E-state index contributed by atoms with van der Waals surface area (Å²) in [5.41, 5.74) is 9.90. The highest BCUT2D eigenvalue weighted by Gasteiger charge is 2.47. The summed E-state index contributed by atoms with van der Waals surface area (Å²) in [7, 11) is 0. The van der Waals surface area contributed by atoms with Gasteiger partial charge in [0.1, 0.15) is 0 Å². The van der Waals surface area contributed by atoms with Gasteiger partial charge in [0, 0.05) is 32.7 Å². The Hall–Kier alpha value is -6.13. The van der Waals surface area contributed by atoms with E-state index in [0.717, 1.165) is 29.5 Å². The zero-order chi connectivity index (χ0) is 33.5. The summed E-state index contributed by atoms with van der Waals surface area (Å²) >= 11 is 0. The van der Waals surface area contributed by atoms with Crippen LogP contribution in [0.5, 0.6) is 0 Å². The first-order valence-electron chi connectivity index (χ1n) is 18.2. The molecule has 9 aromatic rings. The normalized spacial score (nSPS) is 14.8. The summed E-state index contributed by atoms with van der Waals surface area (Å²) in [6, 6.07) is 52.4. The van der Waals surface area contributed by atoms with Gasteiger partial charge in [-0.15, -0.1) is 0 Å². The number of nitrogens with zero attached hydrogens (tertiary/aromatic N) is 4.